The highest BCUT2D eigenvalue weighted by molar-refractivity contribution is 6.20. The number of anilines is 1. The van der Waals surface area contributed by atoms with Gasteiger partial charge in [-0.3, -0.25) is 4.79 Å². The number of amides is 3. The Bertz CT molecular complexity index is 346. The molecule has 6 nitrogen and oxygen atoms in total. The van der Waals surface area contributed by atoms with Crippen LogP contribution in [0, 0.1) is 0 Å². The molecule has 1 N–H and O–H groups in total. The molecule has 68 valence electrons. The van der Waals surface area contributed by atoms with E-state index in [0.29, 0.717) is 0 Å². The molecule has 1 aromatic heterocycles. The highest BCUT2D eigenvalue weighted by Gasteiger charge is 2.37. The Morgan fingerprint density at radius 2 is 2.38 bits per heavy atom. The van der Waals surface area contributed by atoms with Gasteiger partial charge in [0.05, 0.1) is 0 Å². The number of imide groups is 1. The molecule has 1 aliphatic heterocycles. The van der Waals surface area contributed by atoms with Gasteiger partial charge in [0.25, 0.3) is 5.91 Å². The number of nitrogens with zero attached hydrogens (tertiary/aromatic N) is 2. The van der Waals surface area contributed by atoms with E-state index in [0.717, 1.165) is 4.90 Å². The summed E-state index contributed by atoms with van der Waals surface area (Å²) < 4.78 is 4.53. The zero-order chi connectivity index (χ0) is 9.42. The molecule has 1 saturated heterocycles. The van der Waals surface area contributed by atoms with Crippen LogP contribution >= 0.6 is 0 Å². The summed E-state index contributed by atoms with van der Waals surface area (Å²) in [5, 5.41) is 5.96. The number of urea groups is 1. The number of nitrogens with one attached hydrogen (secondary N) is 1. The molecule has 2 rings (SSSR count). The predicted octanol–water partition coefficient (Wildman–Crippen LogP) is 0.119. The smallest absolute Gasteiger partial charge is 0.330 e. The van der Waals surface area contributed by atoms with Gasteiger partial charge in [-0.2, -0.15) is 0 Å². The van der Waals surface area contributed by atoms with Crippen LogP contribution in [0.15, 0.2) is 16.9 Å². The van der Waals surface area contributed by atoms with Gasteiger partial charge < -0.3 is 9.84 Å². The summed E-state index contributed by atoms with van der Waals surface area (Å²) >= 11 is 0. The summed E-state index contributed by atoms with van der Waals surface area (Å²) in [4.78, 5) is 23.5. The van der Waals surface area contributed by atoms with Gasteiger partial charge in [-0.05, 0) is 6.92 Å². The van der Waals surface area contributed by atoms with Crippen molar-refractivity contribution in [3.8, 4) is 0 Å². The normalized spacial score (nSPS) is 22.2. The summed E-state index contributed by atoms with van der Waals surface area (Å²) in [6.45, 7) is 1.61. The van der Waals surface area contributed by atoms with E-state index in [1.54, 1.807) is 6.92 Å². The van der Waals surface area contributed by atoms with E-state index in [9.17, 15) is 9.59 Å². The first kappa shape index (κ1) is 7.78. The SMILES string of the molecule is CC1NC(=O)N(c2ccon2)C1=O. The molecular formula is C7H7N3O3. The van der Waals surface area contributed by atoms with Gasteiger partial charge in [0, 0.05) is 6.07 Å². The second-order valence-electron chi connectivity index (χ2n) is 2.70. The fourth-order valence-electron chi connectivity index (χ4n) is 1.14. The molecule has 0 aliphatic carbocycles. The molecular weight excluding hydrogens is 174 g/mol. The zero-order valence-corrected chi connectivity index (χ0v) is 6.85. The van der Waals surface area contributed by atoms with Gasteiger partial charge in [0.2, 0.25) is 0 Å². The third kappa shape index (κ3) is 1.07. The molecule has 1 atom stereocenters. The molecule has 0 aromatic carbocycles. The quantitative estimate of drug-likeness (QED) is 0.624. The summed E-state index contributed by atoms with van der Waals surface area (Å²) in [5.74, 6) is -0.106. The largest absolute Gasteiger partial charge is 0.363 e. The van der Waals surface area contributed by atoms with Crippen LogP contribution in [0.1, 0.15) is 6.92 Å². The van der Waals surface area contributed by atoms with E-state index in [2.05, 4.69) is 15.0 Å². The van der Waals surface area contributed by atoms with E-state index in [1.165, 1.54) is 12.3 Å². The number of carbonyl (C=O) groups is 2. The second kappa shape index (κ2) is 2.58. The molecule has 1 aliphatic rings. The van der Waals surface area contributed by atoms with E-state index >= 15 is 0 Å². The average Bonchev–Trinajstić information content (AvgIpc) is 2.63. The van der Waals surface area contributed by atoms with Crippen molar-refractivity contribution >= 4 is 17.8 Å². The average molecular weight is 181 g/mol. The number of aromatic nitrogens is 1. The lowest BCUT2D eigenvalue weighted by Gasteiger charge is -2.06. The van der Waals surface area contributed by atoms with Crippen molar-refractivity contribution in [2.75, 3.05) is 4.90 Å². The number of hydrogen-bond acceptors (Lipinski definition) is 4. The molecule has 0 bridgehead atoms. The maximum absolute atomic E-state index is 11.4. The second-order valence-corrected chi connectivity index (χ2v) is 2.70. The Morgan fingerprint density at radius 1 is 1.62 bits per heavy atom. The minimum absolute atomic E-state index is 0.215. The van der Waals surface area contributed by atoms with Gasteiger partial charge in [-0.25, -0.2) is 9.69 Å². The third-order valence-corrected chi connectivity index (χ3v) is 1.79. The molecule has 1 unspecified atom stereocenters. The Labute approximate surface area is 73.5 Å². The van der Waals surface area contributed by atoms with Gasteiger partial charge >= 0.3 is 6.03 Å². The van der Waals surface area contributed by atoms with E-state index in [4.69, 9.17) is 0 Å². The predicted molar refractivity (Wildman–Crippen MR) is 42.0 cm³/mol. The summed E-state index contributed by atoms with van der Waals surface area (Å²) in [6.07, 6.45) is 1.30. The van der Waals surface area contributed by atoms with Crippen molar-refractivity contribution in [3.63, 3.8) is 0 Å². The highest BCUT2D eigenvalue weighted by atomic mass is 16.5. The Morgan fingerprint density at radius 3 is 2.85 bits per heavy atom. The van der Waals surface area contributed by atoms with Crippen LogP contribution in [-0.4, -0.2) is 23.1 Å². The molecule has 0 saturated carbocycles. The van der Waals surface area contributed by atoms with Gasteiger partial charge in [0.15, 0.2) is 5.82 Å². The lowest BCUT2D eigenvalue weighted by Crippen LogP contribution is -2.31. The molecule has 0 spiro atoms. The standard InChI is InChI=1S/C7H7N3O3/c1-4-6(11)10(7(12)8-4)5-2-3-13-9-5/h2-4H,1H3,(H,8,12). The fraction of sp³-hybridized carbons (Fsp3) is 0.286. The molecule has 1 aromatic rings. The lowest BCUT2D eigenvalue weighted by molar-refractivity contribution is -0.118. The first-order valence-corrected chi connectivity index (χ1v) is 3.75. The molecule has 3 amide bonds. The Balaban J connectivity index is 2.34. The minimum atomic E-state index is -0.496. The summed E-state index contributed by atoms with van der Waals surface area (Å²) in [5.41, 5.74) is 0. The van der Waals surface area contributed by atoms with Crippen molar-refractivity contribution in [1.82, 2.24) is 10.5 Å². The first-order chi connectivity index (χ1) is 6.20. The van der Waals surface area contributed by atoms with Crippen LogP contribution in [0.25, 0.3) is 0 Å². The summed E-state index contributed by atoms with van der Waals surface area (Å²) in [7, 11) is 0. The maximum atomic E-state index is 11.4. The van der Waals surface area contributed by atoms with Gasteiger partial charge in [-0.1, -0.05) is 5.16 Å². The number of rotatable bonds is 1. The number of hydrogen-bond donors (Lipinski definition) is 1. The molecule has 0 radical (unpaired) electrons. The molecule has 6 heteroatoms. The van der Waals surface area contributed by atoms with Crippen LogP contribution in [0.2, 0.25) is 0 Å². The van der Waals surface area contributed by atoms with Crippen molar-refractivity contribution in [2.45, 2.75) is 13.0 Å². The van der Waals surface area contributed by atoms with Gasteiger partial charge in [0.1, 0.15) is 12.3 Å². The molecule has 13 heavy (non-hydrogen) atoms. The maximum Gasteiger partial charge on any atom is 0.330 e. The summed E-state index contributed by atoms with van der Waals surface area (Å²) in [6, 6.07) is 0.491. The highest BCUT2D eigenvalue weighted by Crippen LogP contribution is 2.16. The van der Waals surface area contributed by atoms with Crippen molar-refractivity contribution < 1.29 is 14.1 Å². The van der Waals surface area contributed by atoms with Crippen LogP contribution in [-0.2, 0) is 4.79 Å². The van der Waals surface area contributed by atoms with E-state index in [1.807, 2.05) is 0 Å². The molecule has 2 heterocycles. The van der Waals surface area contributed by atoms with Crippen molar-refractivity contribution in [1.29, 1.82) is 0 Å². The fourth-order valence-corrected chi connectivity index (χ4v) is 1.14. The van der Waals surface area contributed by atoms with Crippen LogP contribution in [0.3, 0.4) is 0 Å². The third-order valence-electron chi connectivity index (χ3n) is 1.79. The number of carbonyl (C=O) groups excluding carboxylic acids is 2. The Hall–Kier alpha value is -1.85. The topological polar surface area (TPSA) is 75.4 Å². The van der Waals surface area contributed by atoms with Crippen LogP contribution in [0.5, 0.6) is 0 Å². The van der Waals surface area contributed by atoms with Gasteiger partial charge in [-0.15, -0.1) is 0 Å². The first-order valence-electron chi connectivity index (χ1n) is 3.75. The Kier molecular flexibility index (Phi) is 1.54. The zero-order valence-electron chi connectivity index (χ0n) is 6.85. The van der Waals surface area contributed by atoms with Crippen molar-refractivity contribution in [3.05, 3.63) is 12.3 Å². The molecule has 1 fully saturated rings. The van der Waals surface area contributed by atoms with E-state index in [-0.39, 0.29) is 11.7 Å². The van der Waals surface area contributed by atoms with E-state index < -0.39 is 12.1 Å². The van der Waals surface area contributed by atoms with Crippen LogP contribution in [0.4, 0.5) is 10.6 Å². The van der Waals surface area contributed by atoms with Crippen LogP contribution < -0.4 is 10.2 Å². The minimum Gasteiger partial charge on any atom is -0.363 e. The lowest BCUT2D eigenvalue weighted by atomic mass is 10.3. The van der Waals surface area contributed by atoms with Crippen molar-refractivity contribution in [2.24, 2.45) is 0 Å². The monoisotopic (exact) mass is 181 g/mol.